The molecule has 0 atom stereocenters. The average molecular weight is 367 g/mol. The van der Waals surface area contributed by atoms with Gasteiger partial charge in [0.15, 0.2) is 5.65 Å². The van der Waals surface area contributed by atoms with E-state index in [1.165, 1.54) is 6.20 Å². The number of nitrogens with zero attached hydrogens (tertiary/aromatic N) is 3. The first-order valence-electron chi connectivity index (χ1n) is 7.07. The summed E-state index contributed by atoms with van der Waals surface area (Å²) >= 11 is 3.30. The number of rotatable bonds is 3. The molecule has 0 radical (unpaired) electrons. The second-order valence-corrected chi connectivity index (χ2v) is 6.37. The molecular weight excluding hydrogens is 352 g/mol. The predicted molar refractivity (Wildman–Crippen MR) is 81.5 cm³/mol. The number of carbonyl (C=O) groups is 2. The van der Waals surface area contributed by atoms with Crippen molar-refractivity contribution in [3.63, 3.8) is 0 Å². The summed E-state index contributed by atoms with van der Waals surface area (Å²) in [6.07, 6.45) is 7.40. The van der Waals surface area contributed by atoms with Crippen molar-refractivity contribution in [2.24, 2.45) is 5.92 Å². The summed E-state index contributed by atoms with van der Waals surface area (Å²) in [7, 11) is 0. The summed E-state index contributed by atoms with van der Waals surface area (Å²) in [5.74, 6) is -1.25. The van der Waals surface area contributed by atoms with Crippen molar-refractivity contribution in [2.75, 3.05) is 0 Å². The summed E-state index contributed by atoms with van der Waals surface area (Å²) in [4.78, 5) is 27.5. The number of nitrogens with one attached hydrogen (secondary N) is 1. The molecule has 1 aliphatic rings. The van der Waals surface area contributed by atoms with E-state index >= 15 is 0 Å². The fourth-order valence-corrected chi connectivity index (χ4v) is 3.06. The molecule has 8 heteroatoms. The Bertz CT molecular complexity index is 722. The first kappa shape index (κ1) is 15.0. The van der Waals surface area contributed by atoms with Crippen molar-refractivity contribution in [1.82, 2.24) is 19.9 Å². The van der Waals surface area contributed by atoms with E-state index in [-0.39, 0.29) is 17.9 Å². The first-order valence-corrected chi connectivity index (χ1v) is 7.86. The van der Waals surface area contributed by atoms with Crippen LogP contribution < -0.4 is 5.32 Å². The number of halogens is 1. The lowest BCUT2D eigenvalue weighted by Crippen LogP contribution is -2.38. The van der Waals surface area contributed by atoms with Gasteiger partial charge in [-0.2, -0.15) is 5.10 Å². The molecule has 22 heavy (non-hydrogen) atoms. The van der Waals surface area contributed by atoms with Crippen molar-refractivity contribution in [3.05, 3.63) is 28.6 Å². The highest BCUT2D eigenvalue weighted by atomic mass is 79.9. The number of aliphatic carboxylic acids is 1. The molecule has 0 saturated heterocycles. The zero-order chi connectivity index (χ0) is 15.7. The minimum Gasteiger partial charge on any atom is -0.481 e. The van der Waals surface area contributed by atoms with Crippen molar-refractivity contribution in [1.29, 1.82) is 0 Å². The molecule has 2 heterocycles. The van der Waals surface area contributed by atoms with Crippen LogP contribution in [0.1, 0.15) is 36.0 Å². The molecule has 2 aromatic rings. The topological polar surface area (TPSA) is 96.6 Å². The predicted octanol–water partition coefficient (Wildman–Crippen LogP) is 1.86. The average Bonchev–Trinajstić information content (AvgIpc) is 2.90. The van der Waals surface area contributed by atoms with Crippen LogP contribution in [0.15, 0.2) is 23.1 Å². The Labute approximate surface area is 134 Å². The van der Waals surface area contributed by atoms with Gasteiger partial charge < -0.3 is 10.4 Å². The number of carbonyl (C=O) groups excluding carboxylic acids is 1. The Morgan fingerprint density at radius 3 is 2.68 bits per heavy atom. The molecule has 0 unspecified atom stereocenters. The Balaban J connectivity index is 1.68. The van der Waals surface area contributed by atoms with Gasteiger partial charge in [-0.05, 0) is 41.6 Å². The second-order valence-electron chi connectivity index (χ2n) is 5.46. The highest BCUT2D eigenvalue weighted by Crippen LogP contribution is 2.24. The van der Waals surface area contributed by atoms with Crippen LogP contribution in [0.5, 0.6) is 0 Å². The SMILES string of the molecule is O=C(NC1CCC(C(=O)O)CC1)c1cnn2cc(Br)cnc12. The molecule has 1 fully saturated rings. The van der Waals surface area contributed by atoms with Crippen LogP contribution in [0.25, 0.3) is 5.65 Å². The molecule has 116 valence electrons. The Kier molecular flexibility index (Phi) is 4.10. The lowest BCUT2D eigenvalue weighted by molar-refractivity contribution is -0.142. The molecule has 1 amide bonds. The minimum absolute atomic E-state index is 0.00787. The van der Waals surface area contributed by atoms with Gasteiger partial charge in [0.2, 0.25) is 0 Å². The lowest BCUT2D eigenvalue weighted by atomic mass is 9.86. The quantitative estimate of drug-likeness (QED) is 0.863. The molecule has 0 aliphatic heterocycles. The van der Waals surface area contributed by atoms with Crippen LogP contribution in [0.3, 0.4) is 0 Å². The largest absolute Gasteiger partial charge is 0.481 e. The number of hydrogen-bond acceptors (Lipinski definition) is 4. The molecule has 0 bridgehead atoms. The van der Waals surface area contributed by atoms with Gasteiger partial charge in [-0.15, -0.1) is 0 Å². The molecule has 0 spiro atoms. The Hall–Kier alpha value is -1.96. The summed E-state index contributed by atoms with van der Waals surface area (Å²) in [6, 6.07) is 0.00787. The van der Waals surface area contributed by atoms with Crippen molar-refractivity contribution in [2.45, 2.75) is 31.7 Å². The van der Waals surface area contributed by atoms with E-state index in [1.54, 1.807) is 16.9 Å². The molecule has 2 aromatic heterocycles. The van der Waals surface area contributed by atoms with Crippen LogP contribution >= 0.6 is 15.9 Å². The molecular formula is C14H15BrN4O3. The maximum atomic E-state index is 12.4. The van der Waals surface area contributed by atoms with Gasteiger partial charge in [0, 0.05) is 18.4 Å². The number of aromatic nitrogens is 3. The Morgan fingerprint density at radius 1 is 1.27 bits per heavy atom. The number of fused-ring (bicyclic) bond motifs is 1. The molecule has 7 nitrogen and oxygen atoms in total. The standard InChI is InChI=1S/C14H15BrN4O3/c15-9-5-16-12-11(6-17-19(12)7-9)13(20)18-10-3-1-8(2-4-10)14(21)22/h5-8,10H,1-4H2,(H,18,20)(H,21,22). The maximum absolute atomic E-state index is 12.4. The molecule has 1 aliphatic carbocycles. The number of carboxylic acids is 1. The van der Waals surface area contributed by atoms with E-state index in [9.17, 15) is 9.59 Å². The normalized spacial score (nSPS) is 21.7. The number of amides is 1. The first-order chi connectivity index (χ1) is 10.5. The summed E-state index contributed by atoms with van der Waals surface area (Å²) in [5.41, 5.74) is 0.924. The highest BCUT2D eigenvalue weighted by molar-refractivity contribution is 9.10. The zero-order valence-electron chi connectivity index (χ0n) is 11.7. The van der Waals surface area contributed by atoms with E-state index in [0.29, 0.717) is 36.9 Å². The highest BCUT2D eigenvalue weighted by Gasteiger charge is 2.27. The van der Waals surface area contributed by atoms with Gasteiger partial charge in [0.1, 0.15) is 5.56 Å². The van der Waals surface area contributed by atoms with Crippen LogP contribution in [0.4, 0.5) is 0 Å². The molecule has 0 aromatic carbocycles. The van der Waals surface area contributed by atoms with Gasteiger partial charge in [-0.3, -0.25) is 9.59 Å². The third-order valence-electron chi connectivity index (χ3n) is 3.98. The summed E-state index contributed by atoms with van der Waals surface area (Å²) in [6.45, 7) is 0. The number of hydrogen-bond donors (Lipinski definition) is 2. The third-order valence-corrected chi connectivity index (χ3v) is 4.39. The van der Waals surface area contributed by atoms with Crippen LogP contribution in [0, 0.1) is 5.92 Å². The van der Waals surface area contributed by atoms with Crippen LogP contribution in [0.2, 0.25) is 0 Å². The van der Waals surface area contributed by atoms with Gasteiger partial charge in [-0.25, -0.2) is 9.50 Å². The Morgan fingerprint density at radius 2 is 2.00 bits per heavy atom. The summed E-state index contributed by atoms with van der Waals surface area (Å²) in [5, 5.41) is 16.1. The van der Waals surface area contributed by atoms with E-state index < -0.39 is 5.97 Å². The van der Waals surface area contributed by atoms with Crippen molar-refractivity contribution in [3.8, 4) is 0 Å². The second kappa shape index (κ2) is 6.04. The van der Waals surface area contributed by atoms with E-state index in [1.807, 2.05) is 0 Å². The maximum Gasteiger partial charge on any atom is 0.306 e. The smallest absolute Gasteiger partial charge is 0.306 e. The molecule has 1 saturated carbocycles. The van der Waals surface area contributed by atoms with Gasteiger partial charge in [0.05, 0.1) is 16.6 Å². The third kappa shape index (κ3) is 2.96. The minimum atomic E-state index is -0.748. The zero-order valence-corrected chi connectivity index (χ0v) is 13.3. The van der Waals surface area contributed by atoms with Crippen molar-refractivity contribution < 1.29 is 14.7 Å². The van der Waals surface area contributed by atoms with Crippen LogP contribution in [-0.4, -0.2) is 37.6 Å². The van der Waals surface area contributed by atoms with Crippen LogP contribution in [-0.2, 0) is 4.79 Å². The monoisotopic (exact) mass is 366 g/mol. The number of carboxylic acid groups (broad SMARTS) is 1. The van der Waals surface area contributed by atoms with E-state index in [0.717, 1.165) is 4.47 Å². The molecule has 3 rings (SSSR count). The van der Waals surface area contributed by atoms with Gasteiger partial charge in [-0.1, -0.05) is 0 Å². The fourth-order valence-electron chi connectivity index (χ4n) is 2.76. The van der Waals surface area contributed by atoms with E-state index in [4.69, 9.17) is 5.11 Å². The fraction of sp³-hybridized carbons (Fsp3) is 0.429. The van der Waals surface area contributed by atoms with Gasteiger partial charge in [0.25, 0.3) is 5.91 Å². The van der Waals surface area contributed by atoms with E-state index in [2.05, 4.69) is 31.3 Å². The molecule has 2 N–H and O–H groups in total. The summed E-state index contributed by atoms with van der Waals surface area (Å²) < 4.78 is 2.32. The van der Waals surface area contributed by atoms with Crippen molar-refractivity contribution >= 4 is 33.5 Å². The lowest BCUT2D eigenvalue weighted by Gasteiger charge is -2.26. The van der Waals surface area contributed by atoms with Gasteiger partial charge >= 0.3 is 5.97 Å².